The lowest BCUT2D eigenvalue weighted by Gasteiger charge is -2.12. The van der Waals surface area contributed by atoms with E-state index in [9.17, 15) is 0 Å². The van der Waals surface area contributed by atoms with Crippen molar-refractivity contribution in [3.8, 4) is 67.5 Å². The summed E-state index contributed by atoms with van der Waals surface area (Å²) in [6.07, 6.45) is 0. The van der Waals surface area contributed by atoms with Gasteiger partial charge in [0.05, 0.1) is 0 Å². The third-order valence-electron chi connectivity index (χ3n) is 9.93. The molecule has 53 heavy (non-hydrogen) atoms. The van der Waals surface area contributed by atoms with Crippen molar-refractivity contribution in [3.63, 3.8) is 0 Å². The molecule has 0 amide bonds. The second-order valence-corrected chi connectivity index (χ2v) is 13.2. The van der Waals surface area contributed by atoms with Crippen LogP contribution in [0.4, 0.5) is 0 Å². The minimum atomic E-state index is 0.589. The molecule has 4 nitrogen and oxygen atoms in total. The highest BCUT2D eigenvalue weighted by atomic mass is 16.3. The Morgan fingerprint density at radius 2 is 0.792 bits per heavy atom. The Morgan fingerprint density at radius 3 is 1.47 bits per heavy atom. The Bertz CT molecular complexity index is 2920. The lowest BCUT2D eigenvalue weighted by atomic mass is 9.95. The number of rotatable bonds is 6. The van der Waals surface area contributed by atoms with Gasteiger partial charge in [0.25, 0.3) is 0 Å². The van der Waals surface area contributed by atoms with Crippen molar-refractivity contribution in [2.75, 3.05) is 0 Å². The first kappa shape index (κ1) is 30.6. The molecular weight excluding hydrogens is 647 g/mol. The van der Waals surface area contributed by atoms with Gasteiger partial charge in [-0.15, -0.1) is 0 Å². The predicted octanol–water partition coefficient (Wildman–Crippen LogP) is 12.9. The van der Waals surface area contributed by atoms with Gasteiger partial charge in [-0.05, 0) is 68.9 Å². The van der Waals surface area contributed by atoms with Crippen molar-refractivity contribution >= 4 is 32.7 Å². The molecule has 0 atom stereocenters. The van der Waals surface area contributed by atoms with Crippen molar-refractivity contribution < 1.29 is 4.42 Å². The molecule has 0 spiro atoms. The van der Waals surface area contributed by atoms with Crippen LogP contribution in [0.3, 0.4) is 0 Å². The summed E-state index contributed by atoms with van der Waals surface area (Å²) < 4.78 is 6.87. The number of furan rings is 1. The smallest absolute Gasteiger partial charge is 0.164 e. The van der Waals surface area contributed by atoms with Gasteiger partial charge in [-0.3, -0.25) is 0 Å². The number of nitrogens with zero attached hydrogens (tertiary/aromatic N) is 3. The molecular formula is C49H31N3O. The van der Waals surface area contributed by atoms with Gasteiger partial charge < -0.3 is 4.42 Å². The molecule has 2 heterocycles. The molecule has 0 aliphatic carbocycles. The fraction of sp³-hybridized carbons (Fsp3) is 0. The Balaban J connectivity index is 1.21. The summed E-state index contributed by atoms with van der Waals surface area (Å²) in [6.45, 7) is 0. The minimum Gasteiger partial charge on any atom is -0.455 e. The highest BCUT2D eigenvalue weighted by Crippen LogP contribution is 2.43. The largest absolute Gasteiger partial charge is 0.455 e. The maximum Gasteiger partial charge on any atom is 0.164 e. The lowest BCUT2D eigenvalue weighted by molar-refractivity contribution is 0.670. The molecule has 0 N–H and O–H groups in total. The first-order chi connectivity index (χ1) is 26.2. The standard InChI is InChI=1S/C49H31N3O/c1-4-13-32(14-5-1)34-23-25-36(26-24-34)48-50-47(35-17-8-3-9-18-35)51-49(52-48)42-28-27-41(40-22-12-21-37(29-40)33-15-6-2-7-16-33)46-45(42)43-30-38-19-10-11-20-39(38)31-44(43)53-46/h1-31H. The summed E-state index contributed by atoms with van der Waals surface area (Å²) in [5, 5.41) is 4.26. The Labute approximate surface area is 306 Å². The third kappa shape index (κ3) is 5.63. The normalized spacial score (nSPS) is 11.4. The Hall–Kier alpha value is -7.17. The van der Waals surface area contributed by atoms with Crippen LogP contribution < -0.4 is 0 Å². The van der Waals surface area contributed by atoms with E-state index in [1.165, 1.54) is 5.56 Å². The zero-order valence-corrected chi connectivity index (χ0v) is 28.6. The molecule has 0 bridgehead atoms. The topological polar surface area (TPSA) is 51.8 Å². The highest BCUT2D eigenvalue weighted by molar-refractivity contribution is 6.18. The third-order valence-corrected chi connectivity index (χ3v) is 9.93. The van der Waals surface area contributed by atoms with Crippen LogP contribution in [0.2, 0.25) is 0 Å². The second kappa shape index (κ2) is 12.9. The van der Waals surface area contributed by atoms with Crippen LogP contribution in [0.5, 0.6) is 0 Å². The van der Waals surface area contributed by atoms with E-state index in [0.29, 0.717) is 17.5 Å². The van der Waals surface area contributed by atoms with Gasteiger partial charge in [-0.1, -0.05) is 158 Å². The van der Waals surface area contributed by atoms with E-state index in [4.69, 9.17) is 19.4 Å². The van der Waals surface area contributed by atoms with Crippen molar-refractivity contribution in [1.82, 2.24) is 15.0 Å². The summed E-state index contributed by atoms with van der Waals surface area (Å²) in [7, 11) is 0. The van der Waals surface area contributed by atoms with Gasteiger partial charge in [0, 0.05) is 33.0 Å². The molecule has 0 aliphatic rings. The molecule has 8 aromatic carbocycles. The molecule has 0 saturated carbocycles. The first-order valence-electron chi connectivity index (χ1n) is 17.8. The van der Waals surface area contributed by atoms with Gasteiger partial charge in [-0.25, -0.2) is 15.0 Å². The van der Waals surface area contributed by atoms with Gasteiger partial charge in [0.2, 0.25) is 0 Å². The fourth-order valence-electron chi connectivity index (χ4n) is 7.26. The summed E-state index contributed by atoms with van der Waals surface area (Å²) in [5.41, 5.74) is 11.0. The molecule has 0 fully saturated rings. The zero-order valence-electron chi connectivity index (χ0n) is 28.6. The van der Waals surface area contributed by atoms with Crippen molar-refractivity contribution in [2.24, 2.45) is 0 Å². The molecule has 0 aliphatic heterocycles. The molecule has 0 radical (unpaired) electrons. The predicted molar refractivity (Wildman–Crippen MR) is 217 cm³/mol. The van der Waals surface area contributed by atoms with Crippen LogP contribution >= 0.6 is 0 Å². The maximum atomic E-state index is 6.87. The van der Waals surface area contributed by atoms with E-state index in [0.717, 1.165) is 77.2 Å². The van der Waals surface area contributed by atoms with E-state index in [1.54, 1.807) is 0 Å². The quantitative estimate of drug-likeness (QED) is 0.176. The van der Waals surface area contributed by atoms with E-state index in [1.807, 2.05) is 42.5 Å². The van der Waals surface area contributed by atoms with Crippen LogP contribution in [0.1, 0.15) is 0 Å². The van der Waals surface area contributed by atoms with Crippen molar-refractivity contribution in [1.29, 1.82) is 0 Å². The molecule has 4 heteroatoms. The summed E-state index contributed by atoms with van der Waals surface area (Å²) in [6, 6.07) is 65.1. The minimum absolute atomic E-state index is 0.589. The van der Waals surface area contributed by atoms with Gasteiger partial charge in [-0.2, -0.15) is 0 Å². The van der Waals surface area contributed by atoms with Crippen LogP contribution in [-0.4, -0.2) is 15.0 Å². The maximum absolute atomic E-state index is 6.87. The molecule has 2 aromatic heterocycles. The molecule has 10 aromatic rings. The Morgan fingerprint density at radius 1 is 0.321 bits per heavy atom. The van der Waals surface area contributed by atoms with E-state index < -0.39 is 0 Å². The average Bonchev–Trinajstić information content (AvgIpc) is 3.61. The molecule has 10 rings (SSSR count). The average molecular weight is 678 g/mol. The van der Waals surface area contributed by atoms with Gasteiger partial charge in [0.15, 0.2) is 17.5 Å². The number of aromatic nitrogens is 3. The van der Waals surface area contributed by atoms with Crippen LogP contribution in [0, 0.1) is 0 Å². The lowest BCUT2D eigenvalue weighted by Crippen LogP contribution is -2.00. The zero-order chi connectivity index (χ0) is 35.1. The monoisotopic (exact) mass is 677 g/mol. The first-order valence-corrected chi connectivity index (χ1v) is 17.8. The number of benzene rings is 8. The summed E-state index contributed by atoms with van der Waals surface area (Å²) in [5.74, 6) is 1.81. The van der Waals surface area contributed by atoms with Crippen LogP contribution in [-0.2, 0) is 0 Å². The SMILES string of the molecule is c1ccc(-c2ccc(-c3nc(-c4ccccc4)nc(-c4ccc(-c5cccc(-c6ccccc6)c5)c5oc6cc7ccccc7cc6c45)n3)cc2)cc1. The molecule has 0 unspecified atom stereocenters. The van der Waals surface area contributed by atoms with E-state index >= 15 is 0 Å². The van der Waals surface area contributed by atoms with Crippen molar-refractivity contribution in [2.45, 2.75) is 0 Å². The molecule has 248 valence electrons. The summed E-state index contributed by atoms with van der Waals surface area (Å²) >= 11 is 0. The number of hydrogen-bond acceptors (Lipinski definition) is 4. The molecule has 0 saturated heterocycles. The highest BCUT2D eigenvalue weighted by Gasteiger charge is 2.21. The van der Waals surface area contributed by atoms with Crippen LogP contribution in [0.25, 0.3) is 100 Å². The van der Waals surface area contributed by atoms with E-state index in [2.05, 4.69) is 146 Å². The van der Waals surface area contributed by atoms with Crippen LogP contribution in [0.15, 0.2) is 192 Å². The number of hydrogen-bond donors (Lipinski definition) is 0. The van der Waals surface area contributed by atoms with Crippen molar-refractivity contribution in [3.05, 3.63) is 188 Å². The Kier molecular flexibility index (Phi) is 7.43. The fourth-order valence-corrected chi connectivity index (χ4v) is 7.26. The van der Waals surface area contributed by atoms with Gasteiger partial charge >= 0.3 is 0 Å². The second-order valence-electron chi connectivity index (χ2n) is 13.2. The summed E-state index contributed by atoms with van der Waals surface area (Å²) in [4.78, 5) is 15.4. The van der Waals surface area contributed by atoms with Gasteiger partial charge in [0.1, 0.15) is 11.2 Å². The van der Waals surface area contributed by atoms with E-state index in [-0.39, 0.29) is 0 Å². The number of fused-ring (bicyclic) bond motifs is 4.